The second-order valence-electron chi connectivity index (χ2n) is 5.60. The summed E-state index contributed by atoms with van der Waals surface area (Å²) in [5, 5.41) is 13.0. The summed E-state index contributed by atoms with van der Waals surface area (Å²) < 4.78 is 0. The van der Waals surface area contributed by atoms with E-state index in [1.165, 1.54) is 0 Å². The third kappa shape index (κ3) is 3.78. The summed E-state index contributed by atoms with van der Waals surface area (Å²) in [6.45, 7) is 5.14. The summed E-state index contributed by atoms with van der Waals surface area (Å²) in [4.78, 5) is 14.2. The predicted molar refractivity (Wildman–Crippen MR) is 76.0 cm³/mol. The third-order valence-corrected chi connectivity index (χ3v) is 3.67. The van der Waals surface area contributed by atoms with Gasteiger partial charge in [-0.3, -0.25) is 9.69 Å². The predicted octanol–water partition coefficient (Wildman–Crippen LogP) is 1.86. The van der Waals surface area contributed by atoms with Crippen molar-refractivity contribution in [2.24, 2.45) is 0 Å². The van der Waals surface area contributed by atoms with Crippen LogP contribution in [0, 0.1) is 0 Å². The fourth-order valence-electron chi connectivity index (χ4n) is 2.52. The standard InChI is InChI=1S/C15H22N2O2/c1-12(17-10-6-9-15(2,19)11-17)14(18)16-13-7-4-3-5-8-13/h3-5,7-8,12,19H,6,9-11H2,1-2H3,(H,16,18). The van der Waals surface area contributed by atoms with Gasteiger partial charge in [0.15, 0.2) is 0 Å². The van der Waals surface area contributed by atoms with E-state index in [0.717, 1.165) is 25.1 Å². The van der Waals surface area contributed by atoms with Gasteiger partial charge in [0.05, 0.1) is 11.6 Å². The van der Waals surface area contributed by atoms with E-state index in [0.29, 0.717) is 6.54 Å². The van der Waals surface area contributed by atoms with Gasteiger partial charge in [-0.2, -0.15) is 0 Å². The zero-order valence-electron chi connectivity index (χ0n) is 11.6. The smallest absolute Gasteiger partial charge is 0.241 e. The average molecular weight is 262 g/mol. The molecule has 4 nitrogen and oxygen atoms in total. The van der Waals surface area contributed by atoms with Gasteiger partial charge >= 0.3 is 0 Å². The van der Waals surface area contributed by atoms with Crippen LogP contribution in [-0.4, -0.2) is 40.6 Å². The number of β-amino-alcohol motifs (C(OH)–C–C–N with tert-alkyl or cyclic N) is 1. The van der Waals surface area contributed by atoms with Crippen molar-refractivity contribution < 1.29 is 9.90 Å². The molecule has 2 N–H and O–H groups in total. The Hall–Kier alpha value is -1.39. The number of rotatable bonds is 3. The van der Waals surface area contributed by atoms with Crippen molar-refractivity contribution in [2.45, 2.75) is 38.3 Å². The van der Waals surface area contributed by atoms with E-state index < -0.39 is 5.60 Å². The lowest BCUT2D eigenvalue weighted by Crippen LogP contribution is -2.52. The van der Waals surface area contributed by atoms with E-state index in [2.05, 4.69) is 5.32 Å². The van der Waals surface area contributed by atoms with Crippen LogP contribution in [0.25, 0.3) is 0 Å². The highest BCUT2D eigenvalue weighted by Gasteiger charge is 2.32. The first-order valence-electron chi connectivity index (χ1n) is 6.80. The quantitative estimate of drug-likeness (QED) is 0.874. The molecule has 1 fully saturated rings. The Morgan fingerprint density at radius 3 is 2.74 bits per heavy atom. The van der Waals surface area contributed by atoms with Crippen LogP contribution in [0.5, 0.6) is 0 Å². The Bertz CT molecular complexity index is 431. The van der Waals surface area contributed by atoms with Crippen LogP contribution >= 0.6 is 0 Å². The van der Waals surface area contributed by atoms with Crippen LogP contribution in [0.2, 0.25) is 0 Å². The van der Waals surface area contributed by atoms with Crippen molar-refractivity contribution in [2.75, 3.05) is 18.4 Å². The first-order valence-corrected chi connectivity index (χ1v) is 6.80. The Morgan fingerprint density at radius 2 is 2.11 bits per heavy atom. The largest absolute Gasteiger partial charge is 0.389 e. The molecule has 0 aromatic heterocycles. The molecular weight excluding hydrogens is 240 g/mol. The number of nitrogens with zero attached hydrogens (tertiary/aromatic N) is 1. The topological polar surface area (TPSA) is 52.6 Å². The molecule has 1 aromatic rings. The zero-order valence-corrected chi connectivity index (χ0v) is 11.6. The summed E-state index contributed by atoms with van der Waals surface area (Å²) >= 11 is 0. The van der Waals surface area contributed by atoms with Crippen molar-refractivity contribution in [3.8, 4) is 0 Å². The number of benzene rings is 1. The molecule has 1 heterocycles. The number of para-hydroxylation sites is 1. The van der Waals surface area contributed by atoms with Gasteiger partial charge < -0.3 is 10.4 Å². The number of amides is 1. The van der Waals surface area contributed by atoms with E-state index in [1.54, 1.807) is 0 Å². The number of hydrogen-bond donors (Lipinski definition) is 2. The molecule has 0 aliphatic carbocycles. The number of carbonyl (C=O) groups is 1. The Morgan fingerprint density at radius 1 is 1.42 bits per heavy atom. The molecule has 0 radical (unpaired) electrons. The number of likely N-dealkylation sites (tertiary alicyclic amines) is 1. The SMILES string of the molecule is CC(C(=O)Nc1ccccc1)N1CCCC(C)(O)C1. The Labute approximate surface area is 114 Å². The highest BCUT2D eigenvalue weighted by molar-refractivity contribution is 5.94. The lowest BCUT2D eigenvalue weighted by molar-refractivity contribution is -0.123. The van der Waals surface area contributed by atoms with Gasteiger partial charge in [-0.1, -0.05) is 18.2 Å². The lowest BCUT2D eigenvalue weighted by Gasteiger charge is -2.39. The molecule has 1 aromatic carbocycles. The van der Waals surface area contributed by atoms with Crippen molar-refractivity contribution in [3.05, 3.63) is 30.3 Å². The number of nitrogens with one attached hydrogen (secondary N) is 1. The molecule has 0 saturated carbocycles. The summed E-state index contributed by atoms with van der Waals surface area (Å²) in [5.41, 5.74) is 0.127. The maximum atomic E-state index is 12.2. The molecule has 19 heavy (non-hydrogen) atoms. The molecule has 2 atom stereocenters. The minimum Gasteiger partial charge on any atom is -0.389 e. The molecule has 2 unspecified atom stereocenters. The molecule has 1 aliphatic rings. The normalized spacial score (nSPS) is 25.8. The van der Waals surface area contributed by atoms with E-state index in [1.807, 2.05) is 49.1 Å². The third-order valence-electron chi connectivity index (χ3n) is 3.67. The lowest BCUT2D eigenvalue weighted by atomic mass is 9.94. The second-order valence-corrected chi connectivity index (χ2v) is 5.60. The van der Waals surface area contributed by atoms with Gasteiger partial charge in [-0.05, 0) is 45.4 Å². The average Bonchev–Trinajstić information content (AvgIpc) is 2.38. The number of anilines is 1. The van der Waals surface area contributed by atoms with Gasteiger partial charge in [0, 0.05) is 12.2 Å². The van der Waals surface area contributed by atoms with Crippen molar-refractivity contribution in [3.63, 3.8) is 0 Å². The summed E-state index contributed by atoms with van der Waals surface area (Å²) in [5.74, 6) is -0.0242. The molecule has 1 aliphatic heterocycles. The fraction of sp³-hybridized carbons (Fsp3) is 0.533. The van der Waals surface area contributed by atoms with E-state index >= 15 is 0 Å². The Balaban J connectivity index is 1.95. The summed E-state index contributed by atoms with van der Waals surface area (Å²) in [6, 6.07) is 9.22. The maximum absolute atomic E-state index is 12.2. The maximum Gasteiger partial charge on any atom is 0.241 e. The van der Waals surface area contributed by atoms with E-state index in [9.17, 15) is 9.90 Å². The van der Waals surface area contributed by atoms with E-state index in [-0.39, 0.29) is 11.9 Å². The summed E-state index contributed by atoms with van der Waals surface area (Å²) in [6.07, 6.45) is 1.73. The molecular formula is C15H22N2O2. The molecule has 2 rings (SSSR count). The second kappa shape index (κ2) is 5.72. The summed E-state index contributed by atoms with van der Waals surface area (Å²) in [7, 11) is 0. The van der Waals surface area contributed by atoms with Crippen LogP contribution < -0.4 is 5.32 Å². The van der Waals surface area contributed by atoms with Gasteiger partial charge in [0.1, 0.15) is 0 Å². The van der Waals surface area contributed by atoms with Gasteiger partial charge in [-0.25, -0.2) is 0 Å². The minimum absolute atomic E-state index is 0.0242. The molecule has 0 bridgehead atoms. The molecule has 0 spiro atoms. The van der Waals surface area contributed by atoms with Crippen LogP contribution in [0.3, 0.4) is 0 Å². The van der Waals surface area contributed by atoms with Crippen LogP contribution in [-0.2, 0) is 4.79 Å². The number of carbonyl (C=O) groups excluding carboxylic acids is 1. The monoisotopic (exact) mass is 262 g/mol. The highest BCUT2D eigenvalue weighted by Crippen LogP contribution is 2.22. The van der Waals surface area contributed by atoms with Crippen molar-refractivity contribution in [1.29, 1.82) is 0 Å². The van der Waals surface area contributed by atoms with E-state index in [4.69, 9.17) is 0 Å². The highest BCUT2D eigenvalue weighted by atomic mass is 16.3. The number of aliphatic hydroxyl groups is 1. The molecule has 4 heteroatoms. The first-order chi connectivity index (χ1) is 8.98. The van der Waals surface area contributed by atoms with Crippen LogP contribution in [0.15, 0.2) is 30.3 Å². The number of hydrogen-bond acceptors (Lipinski definition) is 3. The molecule has 1 saturated heterocycles. The minimum atomic E-state index is -0.681. The van der Waals surface area contributed by atoms with Crippen molar-refractivity contribution >= 4 is 11.6 Å². The zero-order chi connectivity index (χ0) is 13.9. The van der Waals surface area contributed by atoms with Crippen molar-refractivity contribution in [1.82, 2.24) is 4.90 Å². The first kappa shape index (κ1) is 14.0. The fourth-order valence-corrected chi connectivity index (χ4v) is 2.52. The van der Waals surface area contributed by atoms with Gasteiger partial charge in [-0.15, -0.1) is 0 Å². The Kier molecular flexibility index (Phi) is 4.22. The number of piperidine rings is 1. The molecule has 104 valence electrons. The van der Waals surface area contributed by atoms with Crippen LogP contribution in [0.1, 0.15) is 26.7 Å². The molecule has 1 amide bonds. The van der Waals surface area contributed by atoms with Gasteiger partial charge in [0.25, 0.3) is 0 Å². The van der Waals surface area contributed by atoms with Crippen LogP contribution in [0.4, 0.5) is 5.69 Å². The van der Waals surface area contributed by atoms with Gasteiger partial charge in [0.2, 0.25) is 5.91 Å².